The maximum atomic E-state index is 10.8. The van der Waals surface area contributed by atoms with Crippen LogP contribution in [0.15, 0.2) is 29.0 Å². The fourth-order valence-corrected chi connectivity index (χ4v) is 1.14. The average molecular weight is 220 g/mol. The van der Waals surface area contributed by atoms with Crippen LogP contribution in [0.1, 0.15) is 16.1 Å². The molecule has 0 atom stereocenters. The van der Waals surface area contributed by atoms with E-state index in [9.17, 15) is 4.79 Å². The Morgan fingerprint density at radius 1 is 1.44 bits per heavy atom. The molecule has 2 N–H and O–H groups in total. The second-order valence-corrected chi connectivity index (χ2v) is 2.93. The molecule has 0 spiro atoms. The quantitative estimate of drug-likeness (QED) is 0.784. The van der Waals surface area contributed by atoms with Gasteiger partial charge in [-0.3, -0.25) is 0 Å². The second kappa shape index (κ2) is 4.39. The molecule has 0 unspecified atom stereocenters. The highest BCUT2D eigenvalue weighted by atomic mass is 16.5. The van der Waals surface area contributed by atoms with Crippen LogP contribution in [0.3, 0.4) is 0 Å². The van der Waals surface area contributed by atoms with Crippen molar-refractivity contribution in [2.45, 2.75) is 6.54 Å². The summed E-state index contributed by atoms with van der Waals surface area (Å²) in [6.07, 6.45) is 2.83. The Morgan fingerprint density at radius 3 is 3.00 bits per heavy atom. The number of aromatic carboxylic acids is 1. The third-order valence-electron chi connectivity index (χ3n) is 1.87. The van der Waals surface area contributed by atoms with Crippen molar-refractivity contribution in [3.8, 4) is 0 Å². The number of aromatic nitrogens is 3. The molecule has 16 heavy (non-hydrogen) atoms. The van der Waals surface area contributed by atoms with Crippen LogP contribution in [-0.4, -0.2) is 26.4 Å². The summed E-state index contributed by atoms with van der Waals surface area (Å²) in [5, 5.41) is 22.5. The van der Waals surface area contributed by atoms with Gasteiger partial charge in [-0.1, -0.05) is 5.16 Å². The summed E-state index contributed by atoms with van der Waals surface area (Å²) in [5.74, 6) is -0.275. The number of carboxylic acids is 1. The van der Waals surface area contributed by atoms with Crippen LogP contribution < -0.4 is 5.32 Å². The Balaban J connectivity index is 2.12. The lowest BCUT2D eigenvalue weighted by Crippen LogP contribution is -2.08. The highest BCUT2D eigenvalue weighted by molar-refractivity contribution is 5.92. The first kappa shape index (κ1) is 10.1. The Bertz CT molecular complexity index is 483. The van der Waals surface area contributed by atoms with Gasteiger partial charge in [0.2, 0.25) is 0 Å². The number of hydrogen-bond donors (Lipinski definition) is 2. The summed E-state index contributed by atoms with van der Waals surface area (Å²) in [6.45, 7) is 0.305. The maximum absolute atomic E-state index is 10.8. The third kappa shape index (κ3) is 2.14. The van der Waals surface area contributed by atoms with E-state index in [1.54, 1.807) is 6.07 Å². The lowest BCUT2D eigenvalue weighted by molar-refractivity contribution is 0.0697. The first-order valence-electron chi connectivity index (χ1n) is 4.46. The molecule has 0 saturated heterocycles. The van der Waals surface area contributed by atoms with Crippen molar-refractivity contribution in [1.29, 1.82) is 0 Å². The average Bonchev–Trinajstić information content (AvgIpc) is 2.79. The Morgan fingerprint density at radius 2 is 2.31 bits per heavy atom. The van der Waals surface area contributed by atoms with Crippen molar-refractivity contribution in [3.63, 3.8) is 0 Å². The van der Waals surface area contributed by atoms with E-state index >= 15 is 0 Å². The minimum absolute atomic E-state index is 0.0644. The number of hydrogen-bond acceptors (Lipinski definition) is 6. The van der Waals surface area contributed by atoms with E-state index in [0.717, 1.165) is 0 Å². The van der Waals surface area contributed by atoms with Crippen LogP contribution in [0.2, 0.25) is 0 Å². The summed E-state index contributed by atoms with van der Waals surface area (Å²) in [7, 11) is 0. The van der Waals surface area contributed by atoms with E-state index in [1.807, 2.05) is 0 Å². The Kier molecular flexibility index (Phi) is 2.77. The molecular weight excluding hydrogens is 212 g/mol. The van der Waals surface area contributed by atoms with Gasteiger partial charge in [0.15, 0.2) is 11.6 Å². The number of carboxylic acid groups (broad SMARTS) is 1. The van der Waals surface area contributed by atoms with Gasteiger partial charge in [-0.05, 0) is 6.07 Å². The summed E-state index contributed by atoms with van der Waals surface area (Å²) in [5.41, 5.74) is 0.0644. The van der Waals surface area contributed by atoms with Gasteiger partial charge in [0, 0.05) is 6.07 Å². The topological polar surface area (TPSA) is 101 Å². The molecule has 0 aliphatic heterocycles. The van der Waals surface area contributed by atoms with Crippen molar-refractivity contribution >= 4 is 11.8 Å². The van der Waals surface area contributed by atoms with Crippen LogP contribution in [0.5, 0.6) is 0 Å². The van der Waals surface area contributed by atoms with Crippen LogP contribution >= 0.6 is 0 Å². The first-order valence-corrected chi connectivity index (χ1v) is 4.46. The molecule has 2 rings (SSSR count). The largest absolute Gasteiger partial charge is 0.478 e. The van der Waals surface area contributed by atoms with Gasteiger partial charge < -0.3 is 14.9 Å². The van der Waals surface area contributed by atoms with E-state index in [-0.39, 0.29) is 11.4 Å². The minimum atomic E-state index is -1.06. The van der Waals surface area contributed by atoms with Crippen molar-refractivity contribution in [2.24, 2.45) is 0 Å². The molecule has 0 fully saturated rings. The van der Waals surface area contributed by atoms with Crippen molar-refractivity contribution in [1.82, 2.24) is 15.4 Å². The number of rotatable bonds is 4. The van der Waals surface area contributed by atoms with Crippen LogP contribution in [0, 0.1) is 0 Å². The summed E-state index contributed by atoms with van der Waals surface area (Å²) < 4.78 is 4.85. The highest BCUT2D eigenvalue weighted by Gasteiger charge is 2.11. The van der Waals surface area contributed by atoms with Gasteiger partial charge >= 0.3 is 5.97 Å². The summed E-state index contributed by atoms with van der Waals surface area (Å²) >= 11 is 0. The third-order valence-corrected chi connectivity index (χ3v) is 1.87. The minimum Gasteiger partial charge on any atom is -0.478 e. The molecule has 0 aliphatic carbocycles. The molecule has 7 nitrogen and oxygen atoms in total. The SMILES string of the molecule is O=C(O)c1ccnnc1NCc1ccno1. The van der Waals surface area contributed by atoms with Gasteiger partial charge in [0.1, 0.15) is 5.56 Å². The van der Waals surface area contributed by atoms with Gasteiger partial charge in [-0.15, -0.1) is 5.10 Å². The van der Waals surface area contributed by atoms with Crippen LogP contribution in [0.25, 0.3) is 0 Å². The first-order chi connectivity index (χ1) is 7.77. The zero-order valence-corrected chi connectivity index (χ0v) is 8.12. The molecule has 0 aromatic carbocycles. The smallest absolute Gasteiger partial charge is 0.339 e. The van der Waals surface area contributed by atoms with Crippen LogP contribution in [-0.2, 0) is 6.54 Å². The zero-order chi connectivity index (χ0) is 11.4. The monoisotopic (exact) mass is 220 g/mol. The summed E-state index contributed by atoms with van der Waals surface area (Å²) in [6, 6.07) is 3.04. The predicted molar refractivity (Wildman–Crippen MR) is 52.8 cm³/mol. The molecule has 0 radical (unpaired) electrons. The molecule has 0 amide bonds. The van der Waals surface area contributed by atoms with E-state index in [1.165, 1.54) is 18.5 Å². The number of carbonyl (C=O) groups is 1. The normalized spacial score (nSPS) is 10.0. The molecule has 0 saturated carbocycles. The maximum Gasteiger partial charge on any atom is 0.339 e. The molecule has 2 aromatic heterocycles. The Hall–Kier alpha value is -2.44. The van der Waals surface area contributed by atoms with E-state index in [0.29, 0.717) is 12.3 Å². The van der Waals surface area contributed by atoms with E-state index < -0.39 is 5.97 Å². The zero-order valence-electron chi connectivity index (χ0n) is 8.12. The van der Waals surface area contributed by atoms with E-state index in [2.05, 4.69) is 20.7 Å². The van der Waals surface area contributed by atoms with Gasteiger partial charge in [0.25, 0.3) is 0 Å². The Labute approximate surface area is 90.1 Å². The molecule has 2 aromatic rings. The van der Waals surface area contributed by atoms with Crippen LogP contribution in [0.4, 0.5) is 5.82 Å². The highest BCUT2D eigenvalue weighted by Crippen LogP contribution is 2.11. The van der Waals surface area contributed by atoms with Gasteiger partial charge in [-0.2, -0.15) is 5.10 Å². The molecule has 2 heterocycles. The second-order valence-electron chi connectivity index (χ2n) is 2.93. The van der Waals surface area contributed by atoms with Crippen molar-refractivity contribution < 1.29 is 14.4 Å². The molecular formula is C9H8N4O3. The lowest BCUT2D eigenvalue weighted by Gasteiger charge is -2.04. The predicted octanol–water partition coefficient (Wildman–Crippen LogP) is 0.775. The molecule has 0 aliphatic rings. The molecule has 0 bridgehead atoms. The van der Waals surface area contributed by atoms with Crippen molar-refractivity contribution in [2.75, 3.05) is 5.32 Å². The fourth-order valence-electron chi connectivity index (χ4n) is 1.14. The van der Waals surface area contributed by atoms with Gasteiger partial charge in [0.05, 0.1) is 18.9 Å². The number of nitrogens with one attached hydrogen (secondary N) is 1. The van der Waals surface area contributed by atoms with Gasteiger partial charge in [-0.25, -0.2) is 4.79 Å². The summed E-state index contributed by atoms with van der Waals surface area (Å²) in [4.78, 5) is 10.8. The van der Waals surface area contributed by atoms with Crippen molar-refractivity contribution in [3.05, 3.63) is 35.9 Å². The molecule has 82 valence electrons. The number of anilines is 1. The fraction of sp³-hybridized carbons (Fsp3) is 0.111. The molecule has 7 heteroatoms. The number of nitrogens with zero attached hydrogens (tertiary/aromatic N) is 3. The van der Waals surface area contributed by atoms with E-state index in [4.69, 9.17) is 9.63 Å². The standard InChI is InChI=1S/C9H8N4O3/c14-9(15)7-2-3-11-13-8(7)10-5-6-1-4-12-16-6/h1-4H,5H2,(H,10,13)(H,14,15). The lowest BCUT2D eigenvalue weighted by atomic mass is 10.3.